The van der Waals surface area contributed by atoms with E-state index in [2.05, 4.69) is 61.4 Å². The second kappa shape index (κ2) is 6.29. The van der Waals surface area contributed by atoms with Crippen molar-refractivity contribution in [2.75, 3.05) is 0 Å². The lowest BCUT2D eigenvalue weighted by Crippen LogP contribution is -2.11. The minimum absolute atomic E-state index is 0.134. The van der Waals surface area contributed by atoms with Crippen molar-refractivity contribution in [2.45, 2.75) is 32.7 Å². The molecule has 24 heavy (non-hydrogen) atoms. The number of aromatic nitrogens is 3. The van der Waals surface area contributed by atoms with Gasteiger partial charge >= 0.3 is 0 Å². The third kappa shape index (κ3) is 3.21. The van der Waals surface area contributed by atoms with E-state index in [4.69, 9.17) is 0 Å². The number of nitriles is 1. The van der Waals surface area contributed by atoms with E-state index in [-0.39, 0.29) is 5.41 Å². The molecule has 0 bridgehead atoms. The third-order valence-corrected chi connectivity index (χ3v) is 4.04. The van der Waals surface area contributed by atoms with Crippen LogP contribution >= 0.6 is 0 Å². The van der Waals surface area contributed by atoms with Crippen LogP contribution in [-0.2, 0) is 12.0 Å². The van der Waals surface area contributed by atoms with Gasteiger partial charge in [0.15, 0.2) is 5.69 Å². The van der Waals surface area contributed by atoms with E-state index in [0.717, 1.165) is 16.8 Å². The van der Waals surface area contributed by atoms with E-state index < -0.39 is 0 Å². The van der Waals surface area contributed by atoms with Gasteiger partial charge in [-0.1, -0.05) is 80.6 Å². The first-order valence-electron chi connectivity index (χ1n) is 7.97. The Kier molecular flexibility index (Phi) is 4.18. The lowest BCUT2D eigenvalue weighted by Gasteiger charge is -2.19. The van der Waals surface area contributed by atoms with Crippen molar-refractivity contribution in [3.8, 4) is 17.3 Å². The fourth-order valence-electron chi connectivity index (χ4n) is 2.66. The molecule has 4 nitrogen and oxygen atoms in total. The Hall–Kier alpha value is -2.93. The van der Waals surface area contributed by atoms with Crippen molar-refractivity contribution >= 4 is 0 Å². The van der Waals surface area contributed by atoms with Crippen molar-refractivity contribution < 1.29 is 0 Å². The summed E-state index contributed by atoms with van der Waals surface area (Å²) in [6.45, 7) is 7.19. The molecule has 0 radical (unpaired) electrons. The predicted molar refractivity (Wildman–Crippen MR) is 94.4 cm³/mol. The molecule has 0 aliphatic heterocycles. The van der Waals surface area contributed by atoms with Crippen molar-refractivity contribution in [1.82, 2.24) is 15.0 Å². The summed E-state index contributed by atoms with van der Waals surface area (Å²) in [5.74, 6) is 0. The van der Waals surface area contributed by atoms with Crippen molar-refractivity contribution in [2.24, 2.45) is 0 Å². The van der Waals surface area contributed by atoms with E-state index in [9.17, 15) is 5.26 Å². The van der Waals surface area contributed by atoms with Crippen LogP contribution in [0, 0.1) is 11.3 Å². The number of nitrogens with zero attached hydrogens (tertiary/aromatic N) is 4. The molecule has 0 amide bonds. The van der Waals surface area contributed by atoms with E-state index in [1.165, 1.54) is 5.56 Å². The molecule has 2 aromatic carbocycles. The maximum atomic E-state index is 9.32. The Bertz CT molecular complexity index is 863. The SMILES string of the molecule is CC(C)(C)c1ccc(Cn2nnc(C#N)c2-c2ccccc2)cc1. The molecule has 0 unspecified atom stereocenters. The number of hydrogen-bond acceptors (Lipinski definition) is 3. The summed E-state index contributed by atoms with van der Waals surface area (Å²) >= 11 is 0. The van der Waals surface area contributed by atoms with Gasteiger partial charge in [-0.05, 0) is 16.5 Å². The molecule has 1 heterocycles. The summed E-state index contributed by atoms with van der Waals surface area (Å²) in [5, 5.41) is 17.5. The van der Waals surface area contributed by atoms with Gasteiger partial charge in [0.25, 0.3) is 0 Å². The first-order valence-corrected chi connectivity index (χ1v) is 7.97. The van der Waals surface area contributed by atoms with Crippen molar-refractivity contribution in [3.63, 3.8) is 0 Å². The largest absolute Gasteiger partial charge is 0.239 e. The smallest absolute Gasteiger partial charge is 0.190 e. The standard InChI is InChI=1S/C20H20N4/c1-20(2,3)17-11-9-15(10-12-17)14-24-19(18(13-21)22-23-24)16-7-5-4-6-8-16/h4-12H,14H2,1-3H3. The zero-order chi connectivity index (χ0) is 17.2. The molecule has 0 saturated heterocycles. The first kappa shape index (κ1) is 15.9. The van der Waals surface area contributed by atoms with Crippen LogP contribution in [0.3, 0.4) is 0 Å². The average Bonchev–Trinajstić information content (AvgIpc) is 2.98. The molecule has 0 aliphatic rings. The highest BCUT2D eigenvalue weighted by Crippen LogP contribution is 2.24. The van der Waals surface area contributed by atoms with Crippen LogP contribution in [0.15, 0.2) is 54.6 Å². The second-order valence-electron chi connectivity index (χ2n) is 6.87. The van der Waals surface area contributed by atoms with E-state index in [1.54, 1.807) is 4.68 Å². The third-order valence-electron chi connectivity index (χ3n) is 4.04. The summed E-state index contributed by atoms with van der Waals surface area (Å²) in [4.78, 5) is 0. The van der Waals surface area contributed by atoms with Gasteiger partial charge < -0.3 is 0 Å². The molecule has 0 spiro atoms. The zero-order valence-electron chi connectivity index (χ0n) is 14.2. The minimum atomic E-state index is 0.134. The van der Waals surface area contributed by atoms with Crippen molar-refractivity contribution in [3.05, 3.63) is 71.4 Å². The monoisotopic (exact) mass is 316 g/mol. The molecule has 0 aliphatic carbocycles. The van der Waals surface area contributed by atoms with Gasteiger partial charge in [0.1, 0.15) is 11.8 Å². The van der Waals surface area contributed by atoms with Gasteiger partial charge in [0, 0.05) is 5.56 Å². The summed E-state index contributed by atoms with van der Waals surface area (Å²) in [5.41, 5.74) is 4.63. The quantitative estimate of drug-likeness (QED) is 0.729. The highest BCUT2D eigenvalue weighted by Gasteiger charge is 2.16. The van der Waals surface area contributed by atoms with E-state index in [1.807, 2.05) is 30.3 Å². The van der Waals surface area contributed by atoms with Gasteiger partial charge in [0.2, 0.25) is 0 Å². The lowest BCUT2D eigenvalue weighted by molar-refractivity contribution is 0.589. The fourth-order valence-corrected chi connectivity index (χ4v) is 2.66. The molecule has 3 aromatic rings. The highest BCUT2D eigenvalue weighted by molar-refractivity contribution is 5.64. The van der Waals surface area contributed by atoms with Crippen LogP contribution in [0.2, 0.25) is 0 Å². The Balaban J connectivity index is 1.94. The van der Waals surface area contributed by atoms with Crippen LogP contribution in [0.25, 0.3) is 11.3 Å². The Morgan fingerprint density at radius 2 is 1.67 bits per heavy atom. The van der Waals surface area contributed by atoms with Crippen LogP contribution < -0.4 is 0 Å². The van der Waals surface area contributed by atoms with Crippen molar-refractivity contribution in [1.29, 1.82) is 5.26 Å². The maximum absolute atomic E-state index is 9.32. The molecular weight excluding hydrogens is 296 g/mol. The van der Waals surface area contributed by atoms with Crippen LogP contribution in [0.4, 0.5) is 0 Å². The summed E-state index contributed by atoms with van der Waals surface area (Å²) in [7, 11) is 0. The Morgan fingerprint density at radius 1 is 1.00 bits per heavy atom. The second-order valence-corrected chi connectivity index (χ2v) is 6.87. The molecule has 3 rings (SSSR count). The van der Waals surface area contributed by atoms with Crippen LogP contribution in [-0.4, -0.2) is 15.0 Å². The van der Waals surface area contributed by atoms with Gasteiger partial charge in [0.05, 0.1) is 6.54 Å². The van der Waals surface area contributed by atoms with Gasteiger partial charge in [-0.3, -0.25) is 0 Å². The number of hydrogen-bond donors (Lipinski definition) is 0. The maximum Gasteiger partial charge on any atom is 0.190 e. The Morgan fingerprint density at radius 3 is 2.25 bits per heavy atom. The molecule has 0 saturated carbocycles. The predicted octanol–water partition coefficient (Wildman–Crippen LogP) is 4.16. The molecule has 0 N–H and O–H groups in total. The minimum Gasteiger partial charge on any atom is -0.239 e. The summed E-state index contributed by atoms with van der Waals surface area (Å²) in [6, 6.07) is 20.5. The lowest BCUT2D eigenvalue weighted by atomic mass is 9.87. The molecule has 120 valence electrons. The molecule has 1 aromatic heterocycles. The number of rotatable bonds is 3. The average molecular weight is 316 g/mol. The normalized spacial score (nSPS) is 11.2. The van der Waals surface area contributed by atoms with Gasteiger partial charge in [-0.15, -0.1) is 5.10 Å². The zero-order valence-corrected chi connectivity index (χ0v) is 14.2. The molecular formula is C20H20N4. The molecule has 4 heteroatoms. The van der Waals surface area contributed by atoms with Crippen LogP contribution in [0.5, 0.6) is 0 Å². The first-order chi connectivity index (χ1) is 11.5. The molecule has 0 fully saturated rings. The fraction of sp³-hybridized carbons (Fsp3) is 0.250. The van der Waals surface area contributed by atoms with Gasteiger partial charge in [-0.25, -0.2) is 4.68 Å². The topological polar surface area (TPSA) is 54.5 Å². The number of benzene rings is 2. The summed E-state index contributed by atoms with van der Waals surface area (Å²) < 4.78 is 1.79. The van der Waals surface area contributed by atoms with E-state index >= 15 is 0 Å². The highest BCUT2D eigenvalue weighted by atomic mass is 15.4. The molecule has 0 atom stereocenters. The Labute approximate surface area is 142 Å². The van der Waals surface area contributed by atoms with Gasteiger partial charge in [-0.2, -0.15) is 5.26 Å². The summed E-state index contributed by atoms with van der Waals surface area (Å²) in [6.07, 6.45) is 0. The van der Waals surface area contributed by atoms with E-state index in [0.29, 0.717) is 12.2 Å². The van der Waals surface area contributed by atoms with Crippen LogP contribution in [0.1, 0.15) is 37.6 Å².